The number of carboxylic acids is 1. The summed E-state index contributed by atoms with van der Waals surface area (Å²) in [5.74, 6) is 0.611. The second-order valence-corrected chi connectivity index (χ2v) is 3.77. The van der Waals surface area contributed by atoms with Crippen LogP contribution in [0.3, 0.4) is 0 Å². The van der Waals surface area contributed by atoms with Crippen LogP contribution in [0.2, 0.25) is 0 Å². The molecule has 0 saturated carbocycles. The van der Waals surface area contributed by atoms with Gasteiger partial charge in [-0.3, -0.25) is 10.1 Å². The Bertz CT molecular complexity index is 282. The van der Waals surface area contributed by atoms with Crippen LogP contribution in [0.4, 0.5) is 0 Å². The maximum absolute atomic E-state index is 10.9. The van der Waals surface area contributed by atoms with E-state index in [2.05, 4.69) is 11.2 Å². The molecule has 0 aliphatic carbocycles. The van der Waals surface area contributed by atoms with Gasteiger partial charge in [0.05, 0.1) is 13.2 Å². The number of carbonyl (C=O) groups is 1. The van der Waals surface area contributed by atoms with Crippen molar-refractivity contribution < 1.29 is 19.4 Å². The predicted molar refractivity (Wildman–Crippen MR) is 53.2 cm³/mol. The first-order chi connectivity index (χ1) is 6.96. The van der Waals surface area contributed by atoms with Crippen molar-refractivity contribution in [3.05, 3.63) is 0 Å². The Balaban J connectivity index is 2.58. The van der Waals surface area contributed by atoms with Crippen LogP contribution in [-0.4, -0.2) is 42.2 Å². The van der Waals surface area contributed by atoms with Gasteiger partial charge in [-0.2, -0.15) is 0 Å². The fraction of sp³-hybridized carbons (Fsp3) is 0.700. The van der Waals surface area contributed by atoms with Crippen LogP contribution in [0.25, 0.3) is 0 Å². The Hall–Kier alpha value is -1.09. The Morgan fingerprint density at radius 1 is 1.80 bits per heavy atom. The van der Waals surface area contributed by atoms with E-state index in [-0.39, 0.29) is 13.2 Å². The third-order valence-corrected chi connectivity index (χ3v) is 2.09. The van der Waals surface area contributed by atoms with Gasteiger partial charge in [-0.1, -0.05) is 5.92 Å². The largest absolute Gasteiger partial charge is 0.480 e. The van der Waals surface area contributed by atoms with Crippen molar-refractivity contribution in [3.63, 3.8) is 0 Å². The van der Waals surface area contributed by atoms with Crippen molar-refractivity contribution in [2.45, 2.75) is 31.8 Å². The molecule has 1 fully saturated rings. The van der Waals surface area contributed by atoms with Gasteiger partial charge in [0.15, 0.2) is 5.79 Å². The smallest absolute Gasteiger partial charge is 0.323 e. The summed E-state index contributed by atoms with van der Waals surface area (Å²) >= 11 is 0. The molecule has 84 valence electrons. The molecule has 2 N–H and O–H groups in total. The Morgan fingerprint density at radius 2 is 2.47 bits per heavy atom. The average molecular weight is 213 g/mol. The molecule has 0 unspecified atom stereocenters. The highest BCUT2D eigenvalue weighted by Gasteiger charge is 2.40. The molecule has 0 amide bonds. The molecule has 0 radical (unpaired) electrons. The lowest BCUT2D eigenvalue weighted by Gasteiger charge is -2.21. The van der Waals surface area contributed by atoms with Crippen LogP contribution in [0, 0.1) is 12.3 Å². The SMILES string of the molecule is C#CCN[C@H](C(=O)O)[C@H]1COC(C)(C)O1. The zero-order chi connectivity index (χ0) is 11.5. The Labute approximate surface area is 88.7 Å². The minimum absolute atomic E-state index is 0.192. The molecule has 1 saturated heterocycles. The van der Waals surface area contributed by atoms with Crippen molar-refractivity contribution in [2.24, 2.45) is 0 Å². The monoisotopic (exact) mass is 213 g/mol. The zero-order valence-corrected chi connectivity index (χ0v) is 8.82. The summed E-state index contributed by atoms with van der Waals surface area (Å²) in [6.07, 6.45) is 4.54. The summed E-state index contributed by atoms with van der Waals surface area (Å²) in [6.45, 7) is 3.93. The molecule has 5 nitrogen and oxygen atoms in total. The Kier molecular flexibility index (Phi) is 3.69. The van der Waals surface area contributed by atoms with Crippen LogP contribution in [-0.2, 0) is 14.3 Å². The minimum atomic E-state index is -0.989. The third-order valence-electron chi connectivity index (χ3n) is 2.09. The highest BCUT2D eigenvalue weighted by Crippen LogP contribution is 2.24. The molecule has 0 spiro atoms. The number of rotatable bonds is 4. The van der Waals surface area contributed by atoms with Crippen molar-refractivity contribution in [1.82, 2.24) is 5.32 Å². The van der Waals surface area contributed by atoms with Gasteiger partial charge in [0.1, 0.15) is 12.1 Å². The second kappa shape index (κ2) is 4.62. The van der Waals surface area contributed by atoms with E-state index in [4.69, 9.17) is 21.0 Å². The van der Waals surface area contributed by atoms with Crippen molar-refractivity contribution in [1.29, 1.82) is 0 Å². The van der Waals surface area contributed by atoms with Crippen molar-refractivity contribution in [2.75, 3.05) is 13.2 Å². The molecule has 2 atom stereocenters. The number of aliphatic carboxylic acids is 1. The fourth-order valence-corrected chi connectivity index (χ4v) is 1.43. The summed E-state index contributed by atoms with van der Waals surface area (Å²) in [5, 5.41) is 11.7. The number of carboxylic acid groups (broad SMARTS) is 1. The normalized spacial score (nSPS) is 25.8. The van der Waals surface area contributed by atoms with E-state index in [1.165, 1.54) is 0 Å². The molecule has 0 bridgehead atoms. The highest BCUT2D eigenvalue weighted by atomic mass is 16.7. The van der Waals surface area contributed by atoms with Crippen molar-refractivity contribution in [3.8, 4) is 12.3 Å². The molecule has 5 heteroatoms. The summed E-state index contributed by atoms with van der Waals surface area (Å²) < 4.78 is 10.7. The lowest BCUT2D eigenvalue weighted by molar-refractivity contribution is -0.154. The fourth-order valence-electron chi connectivity index (χ4n) is 1.43. The summed E-state index contributed by atoms with van der Waals surface area (Å²) in [5.41, 5.74) is 0. The van der Waals surface area contributed by atoms with Gasteiger partial charge < -0.3 is 14.6 Å². The van der Waals surface area contributed by atoms with E-state index in [0.717, 1.165) is 0 Å². The molecule has 0 aromatic rings. The minimum Gasteiger partial charge on any atom is -0.480 e. The standard InChI is InChI=1S/C10H15NO4/c1-4-5-11-8(9(12)13)7-6-14-10(2,3)15-7/h1,7-8,11H,5-6H2,2-3H3,(H,12,13)/t7-,8+/m1/s1. The number of nitrogens with one attached hydrogen (secondary N) is 1. The van der Waals surface area contributed by atoms with Gasteiger partial charge in [0.2, 0.25) is 0 Å². The number of hydrogen-bond donors (Lipinski definition) is 2. The predicted octanol–water partition coefficient (Wildman–Crippen LogP) is -0.186. The molecule has 1 aliphatic rings. The first-order valence-corrected chi connectivity index (χ1v) is 4.68. The molecule has 0 aromatic heterocycles. The molecule has 1 rings (SSSR count). The van der Waals surface area contributed by atoms with E-state index in [1.54, 1.807) is 13.8 Å². The number of hydrogen-bond acceptors (Lipinski definition) is 4. The van der Waals surface area contributed by atoms with Crippen LogP contribution in [0.1, 0.15) is 13.8 Å². The van der Waals surface area contributed by atoms with Gasteiger partial charge in [-0.05, 0) is 13.8 Å². The highest BCUT2D eigenvalue weighted by molar-refractivity contribution is 5.74. The zero-order valence-electron chi connectivity index (χ0n) is 8.82. The Morgan fingerprint density at radius 3 is 2.87 bits per heavy atom. The van der Waals surface area contributed by atoms with Gasteiger partial charge >= 0.3 is 5.97 Å². The van der Waals surface area contributed by atoms with Gasteiger partial charge in [0, 0.05) is 0 Å². The topological polar surface area (TPSA) is 67.8 Å². The maximum atomic E-state index is 10.9. The second-order valence-electron chi connectivity index (χ2n) is 3.77. The van der Waals surface area contributed by atoms with Gasteiger partial charge in [-0.25, -0.2) is 0 Å². The van der Waals surface area contributed by atoms with Crippen molar-refractivity contribution >= 4 is 5.97 Å². The van der Waals surface area contributed by atoms with E-state index in [1.807, 2.05) is 0 Å². The third kappa shape index (κ3) is 3.20. The first kappa shape index (κ1) is 12.0. The first-order valence-electron chi connectivity index (χ1n) is 4.68. The van der Waals surface area contributed by atoms with Crippen LogP contribution in [0.5, 0.6) is 0 Å². The number of terminal acetylenes is 1. The maximum Gasteiger partial charge on any atom is 0.323 e. The van der Waals surface area contributed by atoms with E-state index >= 15 is 0 Å². The lowest BCUT2D eigenvalue weighted by Crippen LogP contribution is -2.47. The quantitative estimate of drug-likeness (QED) is 0.634. The molecule has 0 aromatic carbocycles. The molecular weight excluding hydrogens is 198 g/mol. The molecule has 1 heterocycles. The van der Waals surface area contributed by atoms with Crippen LogP contribution < -0.4 is 5.32 Å². The number of ether oxygens (including phenoxy) is 2. The molecule has 15 heavy (non-hydrogen) atoms. The summed E-state index contributed by atoms with van der Waals surface area (Å²) in [7, 11) is 0. The molecule has 1 aliphatic heterocycles. The summed E-state index contributed by atoms with van der Waals surface area (Å²) in [6, 6.07) is -0.831. The molecular formula is C10H15NO4. The lowest BCUT2D eigenvalue weighted by atomic mass is 10.1. The average Bonchev–Trinajstić information content (AvgIpc) is 2.46. The summed E-state index contributed by atoms with van der Waals surface area (Å²) in [4.78, 5) is 10.9. The van der Waals surface area contributed by atoms with E-state index in [9.17, 15) is 4.79 Å². The van der Waals surface area contributed by atoms with E-state index < -0.39 is 23.9 Å². The van der Waals surface area contributed by atoms with Crippen LogP contribution >= 0.6 is 0 Å². The van der Waals surface area contributed by atoms with Crippen LogP contribution in [0.15, 0.2) is 0 Å². The van der Waals surface area contributed by atoms with Gasteiger partial charge in [0.25, 0.3) is 0 Å². The van der Waals surface area contributed by atoms with Gasteiger partial charge in [-0.15, -0.1) is 6.42 Å². The van der Waals surface area contributed by atoms with E-state index in [0.29, 0.717) is 0 Å².